The lowest BCUT2D eigenvalue weighted by atomic mass is 9.94. The Morgan fingerprint density at radius 3 is 2.30 bits per heavy atom. The Bertz CT molecular complexity index is 683. The van der Waals surface area contributed by atoms with Crippen molar-refractivity contribution in [3.8, 4) is 0 Å². The van der Waals surface area contributed by atoms with E-state index in [0.717, 1.165) is 6.54 Å². The van der Waals surface area contributed by atoms with E-state index in [1.807, 2.05) is 0 Å². The van der Waals surface area contributed by atoms with Crippen molar-refractivity contribution in [2.45, 2.75) is 13.0 Å². The van der Waals surface area contributed by atoms with Crippen molar-refractivity contribution in [3.63, 3.8) is 0 Å². The van der Waals surface area contributed by atoms with Gasteiger partial charge in [0.2, 0.25) is 0 Å². The number of rotatable bonds is 4. The summed E-state index contributed by atoms with van der Waals surface area (Å²) in [5, 5.41) is 6.23. The molecule has 100 valence electrons. The second kappa shape index (κ2) is 5.89. The Balaban J connectivity index is 2.15. The Hall–Kier alpha value is -2.12. The highest BCUT2D eigenvalue weighted by Gasteiger charge is 2.14. The number of fused-ring (bicyclic) bond motifs is 1. The minimum Gasteiger partial charge on any atom is -0.307 e. The monoisotopic (exact) mass is 261 g/mol. The Labute approximate surface area is 120 Å². The molecule has 20 heavy (non-hydrogen) atoms. The molecule has 0 aliphatic rings. The quantitative estimate of drug-likeness (QED) is 0.727. The van der Waals surface area contributed by atoms with E-state index in [1.165, 1.54) is 21.9 Å². The fraction of sp³-hybridized carbons (Fsp3) is 0.158. The van der Waals surface area contributed by atoms with Crippen LogP contribution in [0.25, 0.3) is 10.8 Å². The molecule has 1 atom stereocenters. The van der Waals surface area contributed by atoms with E-state index in [2.05, 4.69) is 85.0 Å². The summed E-state index contributed by atoms with van der Waals surface area (Å²) in [7, 11) is 0. The van der Waals surface area contributed by atoms with Gasteiger partial charge in [-0.2, -0.15) is 0 Å². The minimum atomic E-state index is 0.243. The molecule has 0 fully saturated rings. The molecule has 3 aromatic carbocycles. The lowest BCUT2D eigenvalue weighted by Gasteiger charge is -2.20. The van der Waals surface area contributed by atoms with Gasteiger partial charge in [0.25, 0.3) is 0 Å². The first-order chi connectivity index (χ1) is 9.90. The van der Waals surface area contributed by atoms with E-state index in [4.69, 9.17) is 0 Å². The molecule has 3 rings (SSSR count). The van der Waals surface area contributed by atoms with Gasteiger partial charge >= 0.3 is 0 Å². The van der Waals surface area contributed by atoms with Crippen LogP contribution in [0.15, 0.2) is 72.8 Å². The summed E-state index contributed by atoms with van der Waals surface area (Å²) >= 11 is 0. The molecule has 1 nitrogen and oxygen atoms in total. The van der Waals surface area contributed by atoms with E-state index in [1.54, 1.807) is 0 Å². The van der Waals surface area contributed by atoms with Gasteiger partial charge in [-0.3, -0.25) is 0 Å². The molecule has 0 aliphatic carbocycles. The standard InChI is InChI=1S/C19H19N/c1-2-20-19(16-10-4-3-5-11-16)18-14-8-12-15-9-6-7-13-17(15)18/h3-14,19-20H,2H2,1H3. The molecule has 1 N–H and O–H groups in total. The molecule has 0 saturated heterocycles. The second-order valence-electron chi connectivity index (χ2n) is 4.97. The van der Waals surface area contributed by atoms with Crippen molar-refractivity contribution in [1.29, 1.82) is 0 Å². The van der Waals surface area contributed by atoms with Gasteiger partial charge in [0.15, 0.2) is 0 Å². The van der Waals surface area contributed by atoms with Crippen LogP contribution in [0, 0.1) is 0 Å². The van der Waals surface area contributed by atoms with E-state index in [-0.39, 0.29) is 6.04 Å². The molecule has 1 unspecified atom stereocenters. The van der Waals surface area contributed by atoms with Crippen molar-refractivity contribution in [2.24, 2.45) is 0 Å². The van der Waals surface area contributed by atoms with Crippen LogP contribution in [0.4, 0.5) is 0 Å². The van der Waals surface area contributed by atoms with E-state index < -0.39 is 0 Å². The van der Waals surface area contributed by atoms with Gasteiger partial charge in [0.1, 0.15) is 0 Å². The summed E-state index contributed by atoms with van der Waals surface area (Å²) in [5.74, 6) is 0. The van der Waals surface area contributed by atoms with Crippen molar-refractivity contribution >= 4 is 10.8 Å². The molecular weight excluding hydrogens is 242 g/mol. The lowest BCUT2D eigenvalue weighted by molar-refractivity contribution is 0.634. The zero-order valence-electron chi connectivity index (χ0n) is 11.7. The summed E-state index contributed by atoms with van der Waals surface area (Å²) in [5.41, 5.74) is 2.65. The summed E-state index contributed by atoms with van der Waals surface area (Å²) in [6.45, 7) is 3.10. The third-order valence-electron chi connectivity index (χ3n) is 3.68. The molecular formula is C19H19N. The molecule has 3 aromatic rings. The molecule has 0 spiro atoms. The van der Waals surface area contributed by atoms with Gasteiger partial charge in [-0.05, 0) is 28.4 Å². The van der Waals surface area contributed by atoms with Crippen molar-refractivity contribution in [3.05, 3.63) is 83.9 Å². The van der Waals surface area contributed by atoms with Crippen molar-refractivity contribution in [2.75, 3.05) is 6.54 Å². The van der Waals surface area contributed by atoms with Crippen LogP contribution in [0.3, 0.4) is 0 Å². The van der Waals surface area contributed by atoms with Crippen molar-refractivity contribution < 1.29 is 0 Å². The average molecular weight is 261 g/mol. The molecule has 0 amide bonds. The van der Waals surface area contributed by atoms with Gasteiger partial charge < -0.3 is 5.32 Å². The maximum atomic E-state index is 3.61. The maximum Gasteiger partial charge on any atom is 0.0582 e. The predicted molar refractivity (Wildman–Crippen MR) is 85.9 cm³/mol. The zero-order valence-corrected chi connectivity index (χ0v) is 11.7. The van der Waals surface area contributed by atoms with Crippen molar-refractivity contribution in [1.82, 2.24) is 5.32 Å². The van der Waals surface area contributed by atoms with Crippen LogP contribution in [0.1, 0.15) is 24.1 Å². The highest BCUT2D eigenvalue weighted by molar-refractivity contribution is 5.86. The number of benzene rings is 3. The minimum absolute atomic E-state index is 0.243. The molecule has 0 aromatic heterocycles. The van der Waals surface area contributed by atoms with Gasteiger partial charge in [0.05, 0.1) is 6.04 Å². The van der Waals surface area contributed by atoms with Gasteiger partial charge in [0, 0.05) is 0 Å². The van der Waals surface area contributed by atoms with Crippen LogP contribution in [0.5, 0.6) is 0 Å². The number of hydrogen-bond acceptors (Lipinski definition) is 1. The SMILES string of the molecule is CCNC(c1ccccc1)c1cccc2ccccc12. The van der Waals surface area contributed by atoms with Gasteiger partial charge in [-0.1, -0.05) is 79.7 Å². The number of nitrogens with one attached hydrogen (secondary N) is 1. The van der Waals surface area contributed by atoms with E-state index >= 15 is 0 Å². The lowest BCUT2D eigenvalue weighted by Crippen LogP contribution is -2.22. The second-order valence-corrected chi connectivity index (χ2v) is 4.97. The highest BCUT2D eigenvalue weighted by atomic mass is 14.9. The first-order valence-electron chi connectivity index (χ1n) is 7.16. The fourth-order valence-electron chi connectivity index (χ4n) is 2.76. The first-order valence-corrected chi connectivity index (χ1v) is 7.16. The molecule has 0 heterocycles. The molecule has 1 heteroatoms. The normalized spacial score (nSPS) is 12.4. The van der Waals surface area contributed by atoms with Crippen LogP contribution in [0.2, 0.25) is 0 Å². The summed E-state index contributed by atoms with van der Waals surface area (Å²) in [6, 6.07) is 26.0. The van der Waals surface area contributed by atoms with Gasteiger partial charge in [-0.15, -0.1) is 0 Å². The van der Waals surface area contributed by atoms with Crippen LogP contribution in [-0.2, 0) is 0 Å². The third-order valence-corrected chi connectivity index (χ3v) is 3.68. The average Bonchev–Trinajstić information content (AvgIpc) is 2.53. The van der Waals surface area contributed by atoms with E-state index in [0.29, 0.717) is 0 Å². The summed E-state index contributed by atoms with van der Waals surface area (Å²) in [6.07, 6.45) is 0. The zero-order chi connectivity index (χ0) is 13.8. The smallest absolute Gasteiger partial charge is 0.0582 e. The molecule has 0 bridgehead atoms. The van der Waals surface area contributed by atoms with E-state index in [9.17, 15) is 0 Å². The Morgan fingerprint density at radius 2 is 1.50 bits per heavy atom. The summed E-state index contributed by atoms with van der Waals surface area (Å²) < 4.78 is 0. The fourth-order valence-corrected chi connectivity index (χ4v) is 2.76. The Kier molecular flexibility index (Phi) is 3.80. The molecule has 0 saturated carbocycles. The third kappa shape index (κ3) is 2.45. The Morgan fingerprint density at radius 1 is 0.800 bits per heavy atom. The topological polar surface area (TPSA) is 12.0 Å². The van der Waals surface area contributed by atoms with Crippen LogP contribution in [-0.4, -0.2) is 6.54 Å². The van der Waals surface area contributed by atoms with Gasteiger partial charge in [-0.25, -0.2) is 0 Å². The highest BCUT2D eigenvalue weighted by Crippen LogP contribution is 2.28. The molecule has 0 aliphatic heterocycles. The maximum absolute atomic E-state index is 3.61. The predicted octanol–water partition coefficient (Wildman–Crippen LogP) is 4.54. The van der Waals surface area contributed by atoms with Crippen LogP contribution >= 0.6 is 0 Å². The number of hydrogen-bond donors (Lipinski definition) is 1. The van der Waals surface area contributed by atoms with Crippen LogP contribution < -0.4 is 5.32 Å². The summed E-state index contributed by atoms with van der Waals surface area (Å²) in [4.78, 5) is 0. The largest absolute Gasteiger partial charge is 0.307 e. The molecule has 0 radical (unpaired) electrons. The first kappa shape index (κ1) is 12.9.